The molecule has 0 saturated carbocycles. The molecule has 0 aromatic heterocycles. The molecule has 1 aliphatic heterocycles. The zero-order chi connectivity index (χ0) is 9.10. The second-order valence-electron chi connectivity index (χ2n) is 3.46. The third-order valence-electron chi connectivity index (χ3n) is 2.31. The Morgan fingerprint density at radius 1 is 1.46 bits per heavy atom. The Bertz CT molecular complexity index is 284. The smallest absolute Gasteiger partial charge is 0.117 e. The number of phenols is 1. The van der Waals surface area contributed by atoms with Crippen LogP contribution < -0.4 is 10.6 Å². The average molecular weight is 178 g/mol. The molecule has 0 unspecified atom stereocenters. The fraction of sp³-hybridized carbons (Fsp3) is 0.400. The molecule has 0 amide bonds. The summed E-state index contributed by atoms with van der Waals surface area (Å²) in [5.41, 5.74) is 0.993. The van der Waals surface area contributed by atoms with Crippen molar-refractivity contribution in [3.8, 4) is 5.75 Å². The molecule has 0 aliphatic carbocycles. The lowest BCUT2D eigenvalue weighted by Crippen LogP contribution is -2.45. The van der Waals surface area contributed by atoms with E-state index in [4.69, 9.17) is 0 Å². The van der Waals surface area contributed by atoms with Crippen molar-refractivity contribution in [1.29, 1.82) is 0 Å². The summed E-state index contributed by atoms with van der Waals surface area (Å²) in [6, 6.07) is 7.23. The van der Waals surface area contributed by atoms with E-state index in [1.54, 1.807) is 12.1 Å². The monoisotopic (exact) mass is 178 g/mol. The number of phenolic OH excluding ortho intramolecular Hbond substituents is 1. The predicted molar refractivity (Wildman–Crippen MR) is 53.0 cm³/mol. The number of nitrogens with one attached hydrogen (secondary N) is 2. The van der Waals surface area contributed by atoms with Crippen molar-refractivity contribution in [1.82, 2.24) is 5.32 Å². The first-order chi connectivity index (χ1) is 6.34. The van der Waals surface area contributed by atoms with Gasteiger partial charge >= 0.3 is 0 Å². The summed E-state index contributed by atoms with van der Waals surface area (Å²) in [6.45, 7) is 3.19. The van der Waals surface area contributed by atoms with E-state index in [2.05, 4.69) is 10.6 Å². The maximum absolute atomic E-state index is 9.20. The topological polar surface area (TPSA) is 44.3 Å². The largest absolute Gasteiger partial charge is 0.508 e. The van der Waals surface area contributed by atoms with Crippen LogP contribution in [0.5, 0.6) is 5.75 Å². The van der Waals surface area contributed by atoms with E-state index in [9.17, 15) is 5.11 Å². The molecule has 0 bridgehead atoms. The number of hydrogen-bond acceptors (Lipinski definition) is 3. The van der Waals surface area contributed by atoms with Crippen molar-refractivity contribution < 1.29 is 5.11 Å². The standard InChI is InChI=1S/C10H14N2O/c13-10-3-1-2-9(4-10)12-7-8-5-11-6-8/h1-4,8,11-13H,5-7H2. The molecule has 1 saturated heterocycles. The van der Waals surface area contributed by atoms with Crippen LogP contribution in [0.4, 0.5) is 5.69 Å². The Kier molecular flexibility index (Phi) is 2.36. The van der Waals surface area contributed by atoms with E-state index in [-0.39, 0.29) is 0 Å². The molecule has 1 aliphatic rings. The van der Waals surface area contributed by atoms with E-state index in [0.29, 0.717) is 5.75 Å². The highest BCUT2D eigenvalue weighted by Gasteiger charge is 2.15. The molecular formula is C10H14N2O. The van der Waals surface area contributed by atoms with Gasteiger partial charge in [0.05, 0.1) is 0 Å². The van der Waals surface area contributed by atoms with Crippen LogP contribution in [0.1, 0.15) is 0 Å². The van der Waals surface area contributed by atoms with Gasteiger partial charge in [-0.3, -0.25) is 0 Å². The SMILES string of the molecule is Oc1cccc(NCC2CNC2)c1. The van der Waals surface area contributed by atoms with Crippen LogP contribution in [0.25, 0.3) is 0 Å². The van der Waals surface area contributed by atoms with Gasteiger partial charge in [-0.1, -0.05) is 6.07 Å². The highest BCUT2D eigenvalue weighted by molar-refractivity contribution is 5.47. The van der Waals surface area contributed by atoms with E-state index < -0.39 is 0 Å². The van der Waals surface area contributed by atoms with Crippen molar-refractivity contribution in [2.24, 2.45) is 5.92 Å². The summed E-state index contributed by atoms with van der Waals surface area (Å²) in [5, 5.41) is 15.7. The van der Waals surface area contributed by atoms with Crippen LogP contribution in [0.3, 0.4) is 0 Å². The molecule has 3 nitrogen and oxygen atoms in total. The van der Waals surface area contributed by atoms with Gasteiger partial charge in [0.15, 0.2) is 0 Å². The Labute approximate surface area is 77.8 Å². The molecule has 1 heterocycles. The Balaban J connectivity index is 1.86. The summed E-state index contributed by atoms with van der Waals surface area (Å²) >= 11 is 0. The van der Waals surface area contributed by atoms with Gasteiger partial charge in [-0.05, 0) is 12.1 Å². The van der Waals surface area contributed by atoms with Gasteiger partial charge in [-0.15, -0.1) is 0 Å². The van der Waals surface area contributed by atoms with Gasteiger partial charge in [0.25, 0.3) is 0 Å². The summed E-state index contributed by atoms with van der Waals surface area (Å²) in [7, 11) is 0. The number of rotatable bonds is 3. The first-order valence-electron chi connectivity index (χ1n) is 4.58. The predicted octanol–water partition coefficient (Wildman–Crippen LogP) is 1.02. The molecule has 1 fully saturated rings. The van der Waals surface area contributed by atoms with Crippen LogP contribution in [-0.4, -0.2) is 24.7 Å². The van der Waals surface area contributed by atoms with E-state index in [1.807, 2.05) is 12.1 Å². The van der Waals surface area contributed by atoms with Crippen molar-refractivity contribution in [3.05, 3.63) is 24.3 Å². The number of hydrogen-bond donors (Lipinski definition) is 3. The first-order valence-corrected chi connectivity index (χ1v) is 4.58. The molecule has 70 valence electrons. The summed E-state index contributed by atoms with van der Waals surface area (Å²) < 4.78 is 0. The van der Waals surface area contributed by atoms with Crippen molar-refractivity contribution in [2.75, 3.05) is 25.0 Å². The molecule has 2 rings (SSSR count). The fourth-order valence-electron chi connectivity index (χ4n) is 1.37. The number of aromatic hydroxyl groups is 1. The highest BCUT2D eigenvalue weighted by Crippen LogP contribution is 2.16. The molecule has 0 atom stereocenters. The second-order valence-corrected chi connectivity index (χ2v) is 3.46. The lowest BCUT2D eigenvalue weighted by atomic mass is 10.0. The third kappa shape index (κ3) is 2.12. The minimum Gasteiger partial charge on any atom is -0.508 e. The number of anilines is 1. The van der Waals surface area contributed by atoms with Crippen molar-refractivity contribution in [3.63, 3.8) is 0 Å². The first kappa shape index (κ1) is 8.38. The molecule has 0 radical (unpaired) electrons. The summed E-state index contributed by atoms with van der Waals surface area (Å²) in [4.78, 5) is 0. The molecule has 3 heteroatoms. The minimum absolute atomic E-state index is 0.316. The van der Waals surface area contributed by atoms with Gasteiger partial charge < -0.3 is 15.7 Å². The van der Waals surface area contributed by atoms with Crippen molar-refractivity contribution >= 4 is 5.69 Å². The van der Waals surface area contributed by atoms with Gasteiger partial charge in [-0.2, -0.15) is 0 Å². The second kappa shape index (κ2) is 3.66. The molecule has 0 spiro atoms. The normalized spacial score (nSPS) is 16.6. The zero-order valence-corrected chi connectivity index (χ0v) is 7.46. The maximum atomic E-state index is 9.20. The zero-order valence-electron chi connectivity index (χ0n) is 7.46. The highest BCUT2D eigenvalue weighted by atomic mass is 16.3. The lowest BCUT2D eigenvalue weighted by Gasteiger charge is -2.27. The molecular weight excluding hydrogens is 164 g/mol. The van der Waals surface area contributed by atoms with E-state index >= 15 is 0 Å². The average Bonchev–Trinajstić information content (AvgIpc) is 2.01. The molecule has 1 aromatic rings. The summed E-state index contributed by atoms with van der Waals surface area (Å²) in [5.74, 6) is 1.05. The van der Waals surface area contributed by atoms with Crippen LogP contribution in [-0.2, 0) is 0 Å². The Hall–Kier alpha value is -1.22. The number of benzene rings is 1. The van der Waals surface area contributed by atoms with E-state index in [1.165, 1.54) is 0 Å². The Morgan fingerprint density at radius 3 is 2.92 bits per heavy atom. The molecule has 1 aromatic carbocycles. The lowest BCUT2D eigenvalue weighted by molar-refractivity contribution is 0.365. The molecule has 3 N–H and O–H groups in total. The Morgan fingerprint density at radius 2 is 2.31 bits per heavy atom. The van der Waals surface area contributed by atoms with Crippen LogP contribution in [0.15, 0.2) is 24.3 Å². The molecule has 13 heavy (non-hydrogen) atoms. The fourth-order valence-corrected chi connectivity index (χ4v) is 1.37. The van der Waals surface area contributed by atoms with Gasteiger partial charge in [-0.25, -0.2) is 0 Å². The third-order valence-corrected chi connectivity index (χ3v) is 2.31. The van der Waals surface area contributed by atoms with Gasteiger partial charge in [0.2, 0.25) is 0 Å². The van der Waals surface area contributed by atoms with Gasteiger partial charge in [0, 0.05) is 37.3 Å². The van der Waals surface area contributed by atoms with Crippen LogP contribution in [0.2, 0.25) is 0 Å². The maximum Gasteiger partial charge on any atom is 0.117 e. The minimum atomic E-state index is 0.316. The van der Waals surface area contributed by atoms with Crippen LogP contribution >= 0.6 is 0 Å². The van der Waals surface area contributed by atoms with Gasteiger partial charge in [0.1, 0.15) is 5.75 Å². The van der Waals surface area contributed by atoms with Crippen molar-refractivity contribution in [2.45, 2.75) is 0 Å². The van der Waals surface area contributed by atoms with Crippen LogP contribution in [0, 0.1) is 5.92 Å². The quantitative estimate of drug-likeness (QED) is 0.647. The van der Waals surface area contributed by atoms with E-state index in [0.717, 1.165) is 31.2 Å². The summed E-state index contributed by atoms with van der Waals surface area (Å²) in [6.07, 6.45) is 0.